The van der Waals surface area contributed by atoms with Crippen molar-refractivity contribution in [1.82, 2.24) is 20.8 Å². The lowest BCUT2D eigenvalue weighted by molar-refractivity contribution is 0.301. The smallest absolute Gasteiger partial charge is 0.228 e. The van der Waals surface area contributed by atoms with Crippen molar-refractivity contribution in [3.8, 4) is 11.5 Å². The van der Waals surface area contributed by atoms with Crippen molar-refractivity contribution >= 4 is 16.7 Å². The molecule has 0 saturated carbocycles. The Hall–Kier alpha value is -3.48. The first kappa shape index (κ1) is 15.1. The quantitative estimate of drug-likeness (QED) is 0.741. The van der Waals surface area contributed by atoms with Crippen LogP contribution in [0.3, 0.4) is 0 Å². The highest BCUT2D eigenvalue weighted by atomic mass is 16.5. The number of nitrogens with zero attached hydrogens (tertiary/aromatic N) is 2. The van der Waals surface area contributed by atoms with Crippen LogP contribution in [0.2, 0.25) is 0 Å². The highest BCUT2D eigenvalue weighted by Crippen LogP contribution is 2.25. The summed E-state index contributed by atoms with van der Waals surface area (Å²) < 4.78 is 16.7. The number of allylic oxidation sites excluding steroid dienone is 2. The second-order valence-electron chi connectivity index (χ2n) is 5.35. The molecular formula is C18H16N4O3. The molecule has 2 N–H and O–H groups in total. The van der Waals surface area contributed by atoms with E-state index in [1.54, 1.807) is 25.7 Å². The van der Waals surface area contributed by atoms with Crippen LogP contribution in [0, 0.1) is 0 Å². The molecule has 0 radical (unpaired) electrons. The Balaban J connectivity index is 1.50. The van der Waals surface area contributed by atoms with Gasteiger partial charge in [-0.05, 0) is 30.3 Å². The predicted molar refractivity (Wildman–Crippen MR) is 92.5 cm³/mol. The van der Waals surface area contributed by atoms with Crippen LogP contribution in [-0.4, -0.2) is 17.1 Å². The molecular weight excluding hydrogens is 320 g/mol. The van der Waals surface area contributed by atoms with Crippen LogP contribution >= 0.6 is 0 Å². The summed E-state index contributed by atoms with van der Waals surface area (Å²) in [4.78, 5) is 8.79. The molecule has 0 saturated heterocycles. The van der Waals surface area contributed by atoms with Gasteiger partial charge in [0, 0.05) is 18.5 Å². The Kier molecular flexibility index (Phi) is 3.96. The number of fused-ring (bicyclic) bond motifs is 1. The Morgan fingerprint density at radius 2 is 2.04 bits per heavy atom. The van der Waals surface area contributed by atoms with Crippen LogP contribution in [0.4, 0.5) is 0 Å². The minimum absolute atomic E-state index is 0.365. The van der Waals surface area contributed by atoms with E-state index in [2.05, 4.69) is 20.8 Å². The number of aromatic nitrogens is 2. The van der Waals surface area contributed by atoms with Crippen LogP contribution in [0.1, 0.15) is 11.6 Å². The molecule has 0 aliphatic carbocycles. The minimum atomic E-state index is 0.365. The second-order valence-corrected chi connectivity index (χ2v) is 5.35. The maximum atomic E-state index is 5.79. The van der Waals surface area contributed by atoms with Crippen LogP contribution in [0.15, 0.2) is 59.4 Å². The van der Waals surface area contributed by atoms with Crippen molar-refractivity contribution in [1.29, 1.82) is 0 Å². The number of hydrazine groups is 1. The lowest BCUT2D eigenvalue weighted by Gasteiger charge is -2.06. The molecule has 126 valence electrons. The van der Waals surface area contributed by atoms with Crippen molar-refractivity contribution in [2.24, 2.45) is 0 Å². The van der Waals surface area contributed by atoms with Gasteiger partial charge in [0.25, 0.3) is 0 Å². The highest BCUT2D eigenvalue weighted by Gasteiger charge is 2.11. The van der Waals surface area contributed by atoms with E-state index < -0.39 is 0 Å². The largest absolute Gasteiger partial charge is 0.495 e. The fraction of sp³-hybridized carbons (Fsp3) is 0.111. The van der Waals surface area contributed by atoms with Crippen LogP contribution < -0.4 is 20.3 Å². The summed E-state index contributed by atoms with van der Waals surface area (Å²) in [6.45, 7) is 0.365. The first-order chi connectivity index (χ1) is 12.3. The van der Waals surface area contributed by atoms with Gasteiger partial charge in [0.05, 0.1) is 24.6 Å². The molecule has 7 nitrogen and oxygen atoms in total. The number of rotatable bonds is 5. The maximum Gasteiger partial charge on any atom is 0.228 e. The number of pyridine rings is 1. The van der Waals surface area contributed by atoms with E-state index >= 15 is 0 Å². The van der Waals surface area contributed by atoms with Crippen molar-refractivity contribution in [2.75, 3.05) is 7.11 Å². The van der Waals surface area contributed by atoms with E-state index in [9.17, 15) is 0 Å². The van der Waals surface area contributed by atoms with Gasteiger partial charge in [0.15, 0.2) is 5.58 Å². The van der Waals surface area contributed by atoms with Crippen LogP contribution in [-0.2, 0) is 6.61 Å². The standard InChI is InChI=1S/C18H16N4O3/c1-23-15-3-2-13(19-10-15)11-24-14-4-5-17-16(8-14)22-18(25-17)12-6-7-20-21-9-12/h2-10,20-21H,11H2,1H3. The lowest BCUT2D eigenvalue weighted by atomic mass is 10.2. The molecule has 4 rings (SSSR count). The third-order valence-corrected chi connectivity index (χ3v) is 3.68. The maximum absolute atomic E-state index is 5.79. The Morgan fingerprint density at radius 3 is 2.80 bits per heavy atom. The average Bonchev–Trinajstić information content (AvgIpc) is 3.11. The first-order valence-corrected chi connectivity index (χ1v) is 7.72. The van der Waals surface area contributed by atoms with Gasteiger partial charge < -0.3 is 24.7 Å². The normalized spacial score (nSPS) is 13.1. The summed E-state index contributed by atoms with van der Waals surface area (Å²) in [5, 5.41) is 0. The zero-order valence-electron chi connectivity index (χ0n) is 13.5. The SMILES string of the molecule is COc1ccc(COc2ccc3oc(C4=CNNC=C4)nc3c2)nc1. The van der Waals surface area contributed by atoms with Gasteiger partial charge >= 0.3 is 0 Å². The van der Waals surface area contributed by atoms with Crippen molar-refractivity contribution in [3.05, 3.63) is 66.6 Å². The number of hydrogen-bond donors (Lipinski definition) is 2. The van der Waals surface area contributed by atoms with Gasteiger partial charge in [-0.2, -0.15) is 0 Å². The Bertz CT molecular complexity index is 945. The lowest BCUT2D eigenvalue weighted by Crippen LogP contribution is -2.23. The molecule has 0 fully saturated rings. The van der Waals surface area contributed by atoms with E-state index in [-0.39, 0.29) is 0 Å². The third-order valence-electron chi connectivity index (χ3n) is 3.68. The number of oxazole rings is 1. The monoisotopic (exact) mass is 336 g/mol. The predicted octanol–water partition coefficient (Wildman–Crippen LogP) is 2.77. The molecule has 25 heavy (non-hydrogen) atoms. The van der Waals surface area contributed by atoms with Gasteiger partial charge in [-0.3, -0.25) is 4.98 Å². The van der Waals surface area contributed by atoms with E-state index in [0.717, 1.165) is 22.5 Å². The zero-order chi connectivity index (χ0) is 17.1. The fourth-order valence-corrected chi connectivity index (χ4v) is 2.37. The Labute approximate surface area is 144 Å². The van der Waals surface area contributed by atoms with Gasteiger partial charge in [0.2, 0.25) is 5.89 Å². The molecule has 0 unspecified atom stereocenters. The van der Waals surface area contributed by atoms with E-state index in [4.69, 9.17) is 13.9 Å². The number of hydrogen-bond acceptors (Lipinski definition) is 7. The topological polar surface area (TPSA) is 81.4 Å². The molecule has 3 aromatic rings. The molecule has 1 aromatic carbocycles. The summed E-state index contributed by atoms with van der Waals surface area (Å²) in [5.74, 6) is 1.98. The second kappa shape index (κ2) is 6.56. The Morgan fingerprint density at radius 1 is 1.12 bits per heavy atom. The van der Waals surface area contributed by atoms with E-state index in [1.807, 2.05) is 36.4 Å². The third kappa shape index (κ3) is 3.25. The van der Waals surface area contributed by atoms with E-state index in [1.165, 1.54) is 0 Å². The molecule has 2 aromatic heterocycles. The van der Waals surface area contributed by atoms with E-state index in [0.29, 0.717) is 23.8 Å². The van der Waals surface area contributed by atoms with Crippen molar-refractivity contribution in [2.45, 2.75) is 6.61 Å². The first-order valence-electron chi connectivity index (χ1n) is 7.72. The average molecular weight is 336 g/mol. The molecule has 0 bridgehead atoms. The minimum Gasteiger partial charge on any atom is -0.495 e. The summed E-state index contributed by atoms with van der Waals surface area (Å²) in [5.41, 5.74) is 8.88. The molecule has 1 aliphatic rings. The van der Waals surface area contributed by atoms with Gasteiger partial charge in [-0.15, -0.1) is 0 Å². The highest BCUT2D eigenvalue weighted by molar-refractivity contribution is 5.79. The van der Waals surface area contributed by atoms with Crippen molar-refractivity contribution < 1.29 is 13.9 Å². The molecule has 7 heteroatoms. The summed E-state index contributed by atoms with van der Waals surface area (Å²) >= 11 is 0. The number of benzene rings is 1. The summed E-state index contributed by atoms with van der Waals surface area (Å²) in [7, 11) is 1.61. The number of methoxy groups -OCH3 is 1. The molecule has 0 amide bonds. The van der Waals surface area contributed by atoms with Gasteiger partial charge in [-0.25, -0.2) is 4.98 Å². The van der Waals surface area contributed by atoms with Crippen LogP contribution in [0.5, 0.6) is 11.5 Å². The van der Waals surface area contributed by atoms with Gasteiger partial charge in [0.1, 0.15) is 23.6 Å². The number of nitrogens with one attached hydrogen (secondary N) is 2. The molecule has 0 spiro atoms. The molecule has 1 aliphatic heterocycles. The summed E-state index contributed by atoms with van der Waals surface area (Å²) in [6.07, 6.45) is 7.12. The summed E-state index contributed by atoms with van der Waals surface area (Å²) in [6, 6.07) is 9.28. The zero-order valence-corrected chi connectivity index (χ0v) is 13.5. The van der Waals surface area contributed by atoms with Crippen molar-refractivity contribution in [3.63, 3.8) is 0 Å². The molecule has 3 heterocycles. The van der Waals surface area contributed by atoms with Gasteiger partial charge in [-0.1, -0.05) is 0 Å². The van der Waals surface area contributed by atoms with Crippen LogP contribution in [0.25, 0.3) is 16.7 Å². The molecule has 0 atom stereocenters. The number of ether oxygens (including phenoxy) is 2. The fourth-order valence-electron chi connectivity index (χ4n) is 2.37.